The Morgan fingerprint density at radius 2 is 1.36 bits per heavy atom. The molecule has 6 fully saturated rings. The van der Waals surface area contributed by atoms with Gasteiger partial charge in [0.2, 0.25) is 0 Å². The number of aliphatic hydroxyl groups is 7. The van der Waals surface area contributed by atoms with E-state index in [4.69, 9.17) is 10.5 Å². The Labute approximate surface area is 301 Å². The summed E-state index contributed by atoms with van der Waals surface area (Å²) in [6.07, 6.45) is 7.11. The molecule has 0 heterocycles. The topological polar surface area (TPSA) is 177 Å². The maximum atomic E-state index is 10.9. The van der Waals surface area contributed by atoms with Crippen LogP contribution < -0.4 is 5.73 Å². The Kier molecular flexibility index (Phi) is 10.6. The second-order valence-corrected chi connectivity index (χ2v) is 20.4. The fourth-order valence-corrected chi connectivity index (χ4v) is 15.0. The van der Waals surface area contributed by atoms with E-state index >= 15 is 0 Å². The van der Waals surface area contributed by atoms with E-state index in [0.29, 0.717) is 51.2 Å². The van der Waals surface area contributed by atoms with Gasteiger partial charge >= 0.3 is 0 Å². The van der Waals surface area contributed by atoms with Crippen LogP contribution in [-0.2, 0) is 4.74 Å². The number of ether oxygens (including phenoxy) is 1. The average Bonchev–Trinajstić information content (AvgIpc) is 3.49. The van der Waals surface area contributed by atoms with Crippen LogP contribution in [0.2, 0.25) is 0 Å². The third-order valence-electron chi connectivity index (χ3n) is 18.0. The summed E-state index contributed by atoms with van der Waals surface area (Å²) in [4.78, 5) is 0. The summed E-state index contributed by atoms with van der Waals surface area (Å²) in [5, 5.41) is 72.9. The minimum Gasteiger partial charge on any atom is -0.393 e. The van der Waals surface area contributed by atoms with Crippen molar-refractivity contribution in [2.24, 2.45) is 68.3 Å². The van der Waals surface area contributed by atoms with E-state index in [9.17, 15) is 35.7 Å². The van der Waals surface area contributed by atoms with Crippen molar-refractivity contribution < 1.29 is 40.5 Å². The van der Waals surface area contributed by atoms with E-state index in [2.05, 4.69) is 48.5 Å². The molecule has 9 N–H and O–H groups in total. The van der Waals surface area contributed by atoms with Crippen LogP contribution in [0.5, 0.6) is 0 Å². The molecule has 9 heteroatoms. The molecule has 1 unspecified atom stereocenters. The maximum absolute atomic E-state index is 10.9. The Balaban J connectivity index is 1.06. The highest BCUT2D eigenvalue weighted by atomic mass is 16.5. The van der Waals surface area contributed by atoms with Gasteiger partial charge in [-0.3, -0.25) is 0 Å². The molecule has 6 aliphatic rings. The van der Waals surface area contributed by atoms with Gasteiger partial charge in [-0.1, -0.05) is 54.9 Å². The lowest BCUT2D eigenvalue weighted by Gasteiger charge is -2.73. The van der Waals surface area contributed by atoms with E-state index in [-0.39, 0.29) is 0 Å². The normalized spacial score (nSPS) is 52.3. The molecule has 0 amide bonds. The van der Waals surface area contributed by atoms with E-state index in [1.165, 1.54) is 70.6 Å². The second kappa shape index (κ2) is 13.4. The van der Waals surface area contributed by atoms with E-state index in [0.717, 1.165) is 24.2 Å². The third-order valence-corrected chi connectivity index (χ3v) is 18.0. The average molecular weight is 708 g/mol. The van der Waals surface area contributed by atoms with E-state index < -0.39 is 61.5 Å². The molecule has 6 saturated carbocycles. The Morgan fingerprint density at radius 3 is 2.00 bits per heavy atom. The first-order chi connectivity index (χ1) is 23.2. The second-order valence-electron chi connectivity index (χ2n) is 20.4. The quantitative estimate of drug-likeness (QED) is 0.166. The molecular formula is C41H73NO8. The van der Waals surface area contributed by atoms with Gasteiger partial charge in [-0.15, -0.1) is 0 Å². The number of aliphatic hydroxyl groups excluding tert-OH is 6. The van der Waals surface area contributed by atoms with Crippen molar-refractivity contribution in [2.45, 2.75) is 180 Å². The highest BCUT2D eigenvalue weighted by molar-refractivity contribution is 5.19. The van der Waals surface area contributed by atoms with Crippen molar-refractivity contribution in [3.8, 4) is 0 Å². The van der Waals surface area contributed by atoms with Crippen molar-refractivity contribution in [3.63, 3.8) is 0 Å². The Bertz CT molecular complexity index is 1220. The first-order valence-corrected chi connectivity index (χ1v) is 20.3. The van der Waals surface area contributed by atoms with Crippen molar-refractivity contribution in [2.75, 3.05) is 13.2 Å². The molecule has 0 aromatic rings. The highest BCUT2D eigenvalue weighted by Gasteiger charge is 2.70. The van der Waals surface area contributed by atoms with Crippen molar-refractivity contribution >= 4 is 0 Å². The number of nitrogens with two attached hydrogens (primary N) is 1. The summed E-state index contributed by atoms with van der Waals surface area (Å²) in [7, 11) is 0. The summed E-state index contributed by atoms with van der Waals surface area (Å²) < 4.78 is 5.53. The molecule has 6 aliphatic carbocycles. The van der Waals surface area contributed by atoms with Crippen LogP contribution in [0.3, 0.4) is 0 Å². The van der Waals surface area contributed by atoms with Gasteiger partial charge in [0.05, 0.1) is 25.4 Å². The van der Waals surface area contributed by atoms with Crippen LogP contribution in [0.1, 0.15) is 132 Å². The predicted octanol–water partition coefficient (Wildman–Crippen LogP) is 4.15. The van der Waals surface area contributed by atoms with Crippen LogP contribution >= 0.6 is 0 Å². The van der Waals surface area contributed by atoms with E-state index in [1.807, 2.05) is 0 Å². The molecule has 0 aliphatic heterocycles. The van der Waals surface area contributed by atoms with Crippen LogP contribution in [0.4, 0.5) is 0 Å². The van der Waals surface area contributed by atoms with Crippen LogP contribution in [-0.4, -0.2) is 97.2 Å². The highest BCUT2D eigenvalue weighted by Crippen LogP contribution is 2.78. The van der Waals surface area contributed by atoms with Crippen molar-refractivity contribution in [3.05, 3.63) is 0 Å². The minimum atomic E-state index is -2.20. The van der Waals surface area contributed by atoms with Gasteiger partial charge in [-0.2, -0.15) is 0 Å². The largest absolute Gasteiger partial charge is 0.393 e. The third kappa shape index (κ3) is 5.72. The van der Waals surface area contributed by atoms with Gasteiger partial charge in [-0.25, -0.2) is 0 Å². The number of hydrogen-bond acceptors (Lipinski definition) is 9. The standard InChI is InChI=1S/C41H73NO8/c1-23(9-10-26(44)32(46)27(45)21-50-35-31(42)33(47)34(48)41(35,49)22-43)24-13-18-37(4)25(24)14-19-39(6)29(37)11-12-30-38(5)17-8-16-36(2,3)28(38)15-20-40(30,39)7/h23-35,43-49H,8-22,42H2,1-7H3/t23?,24-,25+,26-,27+,28+,29-,30-,31-,32-,33-,34+,35+,37+,38+,39-,40-,41-/m1/s1. The van der Waals surface area contributed by atoms with Gasteiger partial charge in [0.25, 0.3) is 0 Å². The molecule has 0 saturated heterocycles. The molecule has 6 rings (SSSR count). The van der Waals surface area contributed by atoms with E-state index in [1.54, 1.807) is 0 Å². The maximum Gasteiger partial charge on any atom is 0.144 e. The Hall–Kier alpha value is -0.360. The van der Waals surface area contributed by atoms with Crippen molar-refractivity contribution in [1.29, 1.82) is 0 Å². The molecule has 0 aromatic carbocycles. The van der Waals surface area contributed by atoms with Gasteiger partial charge in [0.1, 0.15) is 36.1 Å². The summed E-state index contributed by atoms with van der Waals surface area (Å²) >= 11 is 0. The zero-order valence-corrected chi connectivity index (χ0v) is 32.2. The lowest BCUT2D eigenvalue weighted by molar-refractivity contribution is -0.241. The molecule has 0 bridgehead atoms. The fraction of sp³-hybridized carbons (Fsp3) is 1.00. The molecule has 50 heavy (non-hydrogen) atoms. The number of hydrogen-bond donors (Lipinski definition) is 8. The predicted molar refractivity (Wildman–Crippen MR) is 193 cm³/mol. The molecule has 18 atom stereocenters. The SMILES string of the molecule is CC(CC[C@@H](O)[C@@H](O)[C@@H](O)CO[C@H]1[C@H](N)[C@@H](O)[C@H](O)[C@]1(O)CO)[C@H]1CC[C@]2(C)[C@H]3CC[C@@H]4[C@@]5(C)CCCC(C)(C)[C@@H]5CC[C@@]4(C)[C@]3(C)CC[C@@H]12. The lowest BCUT2D eigenvalue weighted by Crippen LogP contribution is -2.65. The van der Waals surface area contributed by atoms with Crippen LogP contribution in [0, 0.1) is 62.6 Å². The van der Waals surface area contributed by atoms with Gasteiger partial charge < -0.3 is 46.2 Å². The summed E-state index contributed by atoms with van der Waals surface area (Å²) in [6, 6.07) is -1.20. The number of fused-ring (bicyclic) bond motifs is 7. The molecule has 0 radical (unpaired) electrons. The van der Waals surface area contributed by atoms with Gasteiger partial charge in [-0.05, 0) is 140 Å². The molecule has 290 valence electrons. The Morgan fingerprint density at radius 1 is 0.740 bits per heavy atom. The van der Waals surface area contributed by atoms with Gasteiger partial charge in [0.15, 0.2) is 0 Å². The summed E-state index contributed by atoms with van der Waals surface area (Å²) in [5.74, 6) is 4.03. The van der Waals surface area contributed by atoms with Crippen LogP contribution in [0.25, 0.3) is 0 Å². The number of rotatable bonds is 10. The first kappa shape index (κ1) is 39.3. The summed E-state index contributed by atoms with van der Waals surface area (Å²) in [6.45, 7) is 16.8. The summed E-state index contributed by atoms with van der Waals surface area (Å²) in [5.41, 5.74) is 5.67. The molecule has 0 aromatic heterocycles. The zero-order valence-electron chi connectivity index (χ0n) is 32.2. The van der Waals surface area contributed by atoms with Crippen LogP contribution in [0.15, 0.2) is 0 Å². The lowest BCUT2D eigenvalue weighted by atomic mass is 9.32. The van der Waals surface area contributed by atoms with Crippen molar-refractivity contribution in [1.82, 2.24) is 0 Å². The molecule has 0 spiro atoms. The van der Waals surface area contributed by atoms with Gasteiger partial charge in [0, 0.05) is 0 Å². The molecule has 9 nitrogen and oxygen atoms in total. The minimum absolute atomic E-state index is 0.327. The first-order valence-electron chi connectivity index (χ1n) is 20.3. The molecular weight excluding hydrogens is 634 g/mol. The zero-order chi connectivity index (χ0) is 36.8. The monoisotopic (exact) mass is 708 g/mol. The fourth-order valence-electron chi connectivity index (χ4n) is 15.0. The smallest absolute Gasteiger partial charge is 0.144 e.